The van der Waals surface area contributed by atoms with E-state index in [9.17, 15) is 9.90 Å². The molecule has 0 aromatic heterocycles. The number of phenolic OH excluding ortho intramolecular Hbond substituents is 1. The van der Waals surface area contributed by atoms with Crippen LogP contribution in [0.2, 0.25) is 5.02 Å². The number of amides is 1. The molecule has 2 N–H and O–H groups in total. The van der Waals surface area contributed by atoms with Gasteiger partial charge in [0.2, 0.25) is 0 Å². The Bertz CT molecular complexity index is 601. The van der Waals surface area contributed by atoms with Crippen LogP contribution in [0.25, 0.3) is 0 Å². The largest absolute Gasteiger partial charge is 0.508 e. The topological polar surface area (TPSA) is 49.3 Å². The average molecular weight is 374 g/mol. The van der Waals surface area contributed by atoms with Crippen molar-refractivity contribution in [2.24, 2.45) is 0 Å². The lowest BCUT2D eigenvalue weighted by Crippen LogP contribution is -2.12. The fraction of sp³-hybridized carbons (Fsp3) is 0. The van der Waals surface area contributed by atoms with Gasteiger partial charge in [-0.3, -0.25) is 4.79 Å². The second kappa shape index (κ2) is 5.58. The van der Waals surface area contributed by atoms with Gasteiger partial charge in [-0.25, -0.2) is 0 Å². The van der Waals surface area contributed by atoms with Gasteiger partial charge >= 0.3 is 0 Å². The van der Waals surface area contributed by atoms with Crippen LogP contribution in [0.15, 0.2) is 42.5 Å². The lowest BCUT2D eigenvalue weighted by molar-refractivity contribution is 0.102. The van der Waals surface area contributed by atoms with E-state index in [1.54, 1.807) is 24.3 Å². The quantitative estimate of drug-likeness (QED) is 0.784. The lowest BCUT2D eigenvalue weighted by atomic mass is 10.2. The summed E-state index contributed by atoms with van der Waals surface area (Å²) in [7, 11) is 0. The molecule has 0 aliphatic carbocycles. The standard InChI is InChI=1S/C13H9ClINO2/c14-11-7-9(15)4-5-12(11)16-13(18)8-2-1-3-10(17)6-8/h1-7,17H,(H,16,18). The van der Waals surface area contributed by atoms with Gasteiger partial charge in [0, 0.05) is 9.13 Å². The Kier molecular flexibility index (Phi) is 4.08. The van der Waals surface area contributed by atoms with Crippen LogP contribution in [0.1, 0.15) is 10.4 Å². The maximum Gasteiger partial charge on any atom is 0.255 e. The van der Waals surface area contributed by atoms with E-state index in [1.807, 2.05) is 6.07 Å². The molecular formula is C13H9ClINO2. The predicted molar refractivity (Wildman–Crippen MR) is 80.2 cm³/mol. The highest BCUT2D eigenvalue weighted by Crippen LogP contribution is 2.24. The molecule has 0 heterocycles. The molecule has 0 saturated carbocycles. The third kappa shape index (κ3) is 3.14. The first-order valence-corrected chi connectivity index (χ1v) is 6.57. The van der Waals surface area contributed by atoms with Crippen molar-refractivity contribution < 1.29 is 9.90 Å². The van der Waals surface area contributed by atoms with Crippen molar-refractivity contribution in [1.29, 1.82) is 0 Å². The highest BCUT2D eigenvalue weighted by atomic mass is 127. The van der Waals surface area contributed by atoms with E-state index < -0.39 is 0 Å². The fourth-order valence-electron chi connectivity index (χ4n) is 1.43. The number of nitrogens with one attached hydrogen (secondary N) is 1. The summed E-state index contributed by atoms with van der Waals surface area (Å²) in [6.45, 7) is 0. The summed E-state index contributed by atoms with van der Waals surface area (Å²) in [6, 6.07) is 11.5. The van der Waals surface area contributed by atoms with Gasteiger partial charge in [0.15, 0.2) is 0 Å². The second-order valence-corrected chi connectivity index (χ2v) is 5.28. The van der Waals surface area contributed by atoms with Crippen molar-refractivity contribution in [3.63, 3.8) is 0 Å². The normalized spacial score (nSPS) is 10.1. The first-order chi connectivity index (χ1) is 8.56. The minimum atomic E-state index is -0.311. The van der Waals surface area contributed by atoms with E-state index in [0.717, 1.165) is 3.57 Å². The van der Waals surface area contributed by atoms with Gasteiger partial charge in [0.05, 0.1) is 10.7 Å². The van der Waals surface area contributed by atoms with Crippen LogP contribution in [0.5, 0.6) is 5.75 Å². The Balaban J connectivity index is 2.21. The number of halogens is 2. The minimum Gasteiger partial charge on any atom is -0.508 e. The van der Waals surface area contributed by atoms with Crippen LogP contribution >= 0.6 is 34.2 Å². The van der Waals surface area contributed by atoms with Crippen LogP contribution in [-0.4, -0.2) is 11.0 Å². The smallest absolute Gasteiger partial charge is 0.255 e. The molecule has 0 bridgehead atoms. The summed E-state index contributed by atoms with van der Waals surface area (Å²) in [4.78, 5) is 11.9. The fourth-order valence-corrected chi connectivity index (χ4v) is 2.34. The van der Waals surface area contributed by atoms with Crippen LogP contribution in [0, 0.1) is 3.57 Å². The third-order valence-electron chi connectivity index (χ3n) is 2.29. The number of phenols is 1. The molecular weight excluding hydrogens is 365 g/mol. The number of rotatable bonds is 2. The van der Waals surface area contributed by atoms with Gasteiger partial charge < -0.3 is 10.4 Å². The molecule has 18 heavy (non-hydrogen) atoms. The van der Waals surface area contributed by atoms with E-state index in [0.29, 0.717) is 16.3 Å². The molecule has 0 atom stereocenters. The van der Waals surface area contributed by atoms with Gasteiger partial charge in [-0.05, 0) is 59.0 Å². The molecule has 0 aliphatic heterocycles. The maximum atomic E-state index is 11.9. The number of carbonyl (C=O) groups excluding carboxylic acids is 1. The molecule has 0 fully saturated rings. The molecule has 0 spiro atoms. The van der Waals surface area contributed by atoms with Crippen molar-refractivity contribution in [2.75, 3.05) is 5.32 Å². The summed E-state index contributed by atoms with van der Waals surface area (Å²) in [5, 5.41) is 12.5. The highest BCUT2D eigenvalue weighted by molar-refractivity contribution is 14.1. The van der Waals surface area contributed by atoms with Crippen LogP contribution in [0.3, 0.4) is 0 Å². The molecule has 0 radical (unpaired) electrons. The molecule has 3 nitrogen and oxygen atoms in total. The van der Waals surface area contributed by atoms with E-state index in [2.05, 4.69) is 27.9 Å². The van der Waals surface area contributed by atoms with E-state index in [4.69, 9.17) is 11.6 Å². The van der Waals surface area contributed by atoms with Gasteiger partial charge in [-0.15, -0.1) is 0 Å². The van der Waals surface area contributed by atoms with Crippen molar-refractivity contribution in [2.45, 2.75) is 0 Å². The molecule has 0 saturated heterocycles. The minimum absolute atomic E-state index is 0.0522. The number of hydrogen-bond donors (Lipinski definition) is 2. The van der Waals surface area contributed by atoms with Crippen LogP contribution in [-0.2, 0) is 0 Å². The van der Waals surface area contributed by atoms with E-state index in [1.165, 1.54) is 12.1 Å². The van der Waals surface area contributed by atoms with Crippen molar-refractivity contribution in [1.82, 2.24) is 0 Å². The molecule has 0 unspecified atom stereocenters. The highest BCUT2D eigenvalue weighted by Gasteiger charge is 2.09. The summed E-state index contributed by atoms with van der Waals surface area (Å²) in [5.41, 5.74) is 0.926. The van der Waals surface area contributed by atoms with E-state index >= 15 is 0 Å². The molecule has 2 aromatic rings. The Labute approximate surface area is 123 Å². The zero-order valence-electron chi connectivity index (χ0n) is 9.15. The lowest BCUT2D eigenvalue weighted by Gasteiger charge is -2.07. The number of hydrogen-bond acceptors (Lipinski definition) is 2. The van der Waals surface area contributed by atoms with Crippen molar-refractivity contribution >= 4 is 45.8 Å². The Hall–Kier alpha value is -1.27. The van der Waals surface area contributed by atoms with Gasteiger partial charge in [0.1, 0.15) is 5.75 Å². The average Bonchev–Trinajstić information content (AvgIpc) is 2.32. The zero-order valence-corrected chi connectivity index (χ0v) is 12.1. The number of aromatic hydroxyl groups is 1. The first kappa shape index (κ1) is 13.2. The summed E-state index contributed by atoms with van der Waals surface area (Å²) < 4.78 is 0.993. The Morgan fingerprint density at radius 3 is 2.67 bits per heavy atom. The van der Waals surface area contributed by atoms with Crippen molar-refractivity contribution in [3.8, 4) is 5.75 Å². The summed E-state index contributed by atoms with van der Waals surface area (Å²) in [5.74, 6) is -0.259. The Morgan fingerprint density at radius 2 is 2.00 bits per heavy atom. The van der Waals surface area contributed by atoms with Gasteiger partial charge in [-0.1, -0.05) is 17.7 Å². The summed E-state index contributed by atoms with van der Waals surface area (Å²) >= 11 is 8.16. The second-order valence-electron chi connectivity index (χ2n) is 3.63. The molecule has 2 rings (SSSR count). The molecule has 2 aromatic carbocycles. The van der Waals surface area contributed by atoms with Crippen molar-refractivity contribution in [3.05, 3.63) is 56.6 Å². The third-order valence-corrected chi connectivity index (χ3v) is 3.27. The maximum absolute atomic E-state index is 11.9. The Morgan fingerprint density at radius 1 is 1.22 bits per heavy atom. The summed E-state index contributed by atoms with van der Waals surface area (Å²) in [6.07, 6.45) is 0. The van der Waals surface area contributed by atoms with Crippen LogP contribution in [0.4, 0.5) is 5.69 Å². The SMILES string of the molecule is O=C(Nc1ccc(I)cc1Cl)c1cccc(O)c1. The monoisotopic (exact) mass is 373 g/mol. The molecule has 92 valence electrons. The van der Waals surface area contributed by atoms with Gasteiger partial charge in [-0.2, -0.15) is 0 Å². The predicted octanol–water partition coefficient (Wildman–Crippen LogP) is 3.90. The molecule has 1 amide bonds. The molecule has 5 heteroatoms. The van der Waals surface area contributed by atoms with E-state index in [-0.39, 0.29) is 11.7 Å². The number of anilines is 1. The number of carbonyl (C=O) groups is 1. The zero-order chi connectivity index (χ0) is 13.1. The molecule has 0 aliphatic rings. The van der Waals surface area contributed by atoms with Gasteiger partial charge in [0.25, 0.3) is 5.91 Å². The first-order valence-electron chi connectivity index (χ1n) is 5.12. The number of benzene rings is 2. The van der Waals surface area contributed by atoms with Crippen LogP contribution < -0.4 is 5.32 Å².